The number of thioether (sulfide) groups is 1. The van der Waals surface area contributed by atoms with Gasteiger partial charge in [-0.25, -0.2) is 4.99 Å². The molecular weight excluding hydrogens is 196 g/mol. The van der Waals surface area contributed by atoms with Gasteiger partial charge in [0.1, 0.15) is 5.92 Å². The zero-order valence-electron chi connectivity index (χ0n) is 7.65. The lowest BCUT2D eigenvalue weighted by molar-refractivity contribution is -0.113. The summed E-state index contributed by atoms with van der Waals surface area (Å²) in [5, 5.41) is 9.38. The topological polar surface area (TPSA) is 53.2 Å². The van der Waals surface area contributed by atoms with E-state index in [1.54, 1.807) is 6.92 Å². The minimum atomic E-state index is -0.411. The van der Waals surface area contributed by atoms with Crippen molar-refractivity contribution >= 4 is 22.7 Å². The molecule has 1 unspecified atom stereocenters. The molecule has 0 saturated carbocycles. The van der Waals surface area contributed by atoms with Gasteiger partial charge in [0.15, 0.2) is 0 Å². The first kappa shape index (κ1) is 10.6. The summed E-state index contributed by atoms with van der Waals surface area (Å²) in [6, 6.07) is 2.09. The number of hydrogen-bond donors (Lipinski definition) is 0. The second-order valence-electron chi connectivity index (χ2n) is 2.73. The van der Waals surface area contributed by atoms with E-state index in [-0.39, 0.29) is 5.91 Å². The van der Waals surface area contributed by atoms with Crippen molar-refractivity contribution in [2.45, 2.75) is 6.92 Å². The van der Waals surface area contributed by atoms with Crippen molar-refractivity contribution in [2.24, 2.45) is 10.9 Å². The van der Waals surface area contributed by atoms with Crippen molar-refractivity contribution in [2.75, 3.05) is 5.75 Å². The highest BCUT2D eigenvalue weighted by molar-refractivity contribution is 8.14. The predicted molar refractivity (Wildman–Crippen MR) is 56.6 cm³/mol. The molecule has 0 aliphatic carbocycles. The van der Waals surface area contributed by atoms with Gasteiger partial charge in [-0.2, -0.15) is 5.26 Å². The van der Waals surface area contributed by atoms with Crippen LogP contribution in [0.2, 0.25) is 0 Å². The van der Waals surface area contributed by atoms with Gasteiger partial charge in [-0.3, -0.25) is 4.79 Å². The average molecular weight is 204 g/mol. The molecule has 1 heterocycles. The average Bonchev–Trinajstić information content (AvgIpc) is 2.14. The number of allylic oxidation sites excluding steroid dienone is 1. The third kappa shape index (κ3) is 2.25. The van der Waals surface area contributed by atoms with Crippen LogP contribution >= 0.6 is 11.8 Å². The Labute approximate surface area is 86.9 Å². The molecule has 0 N–H and O–H groups in total. The van der Waals surface area contributed by atoms with Crippen LogP contribution in [-0.2, 0) is 4.79 Å². The number of aliphatic imine (C=N–C) groups is 1. The molecule has 0 fully saturated rings. The molecule has 0 radical (unpaired) electrons. The van der Waals surface area contributed by atoms with Crippen molar-refractivity contribution in [3.63, 3.8) is 0 Å². The fraction of sp³-hybridized carbons (Fsp3) is 0.300. The fourth-order valence-corrected chi connectivity index (χ4v) is 1.86. The second-order valence-corrected chi connectivity index (χ2v) is 3.73. The molecule has 1 aliphatic heterocycles. The monoisotopic (exact) mass is 204 g/mol. The SMILES string of the molecule is C#CCSC1=NC(=O)C=C(C)C1C#N. The van der Waals surface area contributed by atoms with Crippen molar-refractivity contribution in [1.29, 1.82) is 5.26 Å². The van der Waals surface area contributed by atoms with Gasteiger partial charge in [-0.1, -0.05) is 17.7 Å². The molecule has 0 aromatic heterocycles. The van der Waals surface area contributed by atoms with E-state index in [9.17, 15) is 4.79 Å². The minimum absolute atomic E-state index is 0.312. The second kappa shape index (κ2) is 4.64. The molecule has 1 amide bonds. The molecule has 1 atom stereocenters. The number of rotatable bonds is 1. The van der Waals surface area contributed by atoms with Gasteiger partial charge in [0.25, 0.3) is 5.91 Å². The zero-order chi connectivity index (χ0) is 10.6. The maximum atomic E-state index is 11.1. The molecule has 70 valence electrons. The Morgan fingerprint density at radius 3 is 3.07 bits per heavy atom. The van der Waals surface area contributed by atoms with E-state index >= 15 is 0 Å². The van der Waals surface area contributed by atoms with Crippen LogP contribution in [0.1, 0.15) is 6.92 Å². The van der Waals surface area contributed by atoms with E-state index in [0.29, 0.717) is 10.8 Å². The molecule has 14 heavy (non-hydrogen) atoms. The largest absolute Gasteiger partial charge is 0.270 e. The van der Waals surface area contributed by atoms with Crippen LogP contribution in [0.5, 0.6) is 0 Å². The summed E-state index contributed by atoms with van der Waals surface area (Å²) in [7, 11) is 0. The van der Waals surface area contributed by atoms with Crippen LogP contribution < -0.4 is 0 Å². The first-order chi connectivity index (χ1) is 6.69. The lowest BCUT2D eigenvalue weighted by Gasteiger charge is -2.14. The van der Waals surface area contributed by atoms with E-state index in [4.69, 9.17) is 11.7 Å². The van der Waals surface area contributed by atoms with Gasteiger partial charge in [-0.15, -0.1) is 6.42 Å². The first-order valence-electron chi connectivity index (χ1n) is 3.95. The molecule has 1 rings (SSSR count). The first-order valence-corrected chi connectivity index (χ1v) is 4.94. The maximum absolute atomic E-state index is 11.1. The molecule has 0 aromatic rings. The quantitative estimate of drug-likeness (QED) is 0.606. The molecule has 0 aromatic carbocycles. The van der Waals surface area contributed by atoms with E-state index in [1.165, 1.54) is 17.8 Å². The summed E-state index contributed by atoms with van der Waals surface area (Å²) < 4.78 is 0. The lowest BCUT2D eigenvalue weighted by Crippen LogP contribution is -2.17. The standard InChI is InChI=1S/C10H8N2OS/c1-3-4-14-10-8(6-11)7(2)5-9(13)12-10/h1,5,8H,4H2,2H3. The van der Waals surface area contributed by atoms with Gasteiger partial charge in [0, 0.05) is 6.08 Å². The summed E-state index contributed by atoms with van der Waals surface area (Å²) >= 11 is 1.27. The predicted octanol–water partition coefficient (Wildman–Crippen LogP) is 1.38. The van der Waals surface area contributed by atoms with Crippen molar-refractivity contribution < 1.29 is 4.79 Å². The molecule has 3 nitrogen and oxygen atoms in total. The smallest absolute Gasteiger partial charge is 0.267 e. The van der Waals surface area contributed by atoms with Gasteiger partial charge in [0.2, 0.25) is 0 Å². The summed E-state index contributed by atoms with van der Waals surface area (Å²) in [5.41, 5.74) is 0.729. The van der Waals surface area contributed by atoms with Crippen molar-refractivity contribution in [1.82, 2.24) is 0 Å². The highest BCUT2D eigenvalue weighted by Crippen LogP contribution is 2.23. The Kier molecular flexibility index (Phi) is 3.50. The third-order valence-electron chi connectivity index (χ3n) is 1.71. The minimum Gasteiger partial charge on any atom is -0.267 e. The van der Waals surface area contributed by atoms with E-state index in [2.05, 4.69) is 17.0 Å². The number of carbonyl (C=O) groups excluding carboxylic acids is 1. The van der Waals surface area contributed by atoms with E-state index < -0.39 is 5.92 Å². The normalized spacial score (nSPS) is 20.5. The third-order valence-corrected chi connectivity index (χ3v) is 2.64. The molecule has 0 bridgehead atoms. The number of nitrogens with zero attached hydrogens (tertiary/aromatic N) is 2. The number of hydrogen-bond acceptors (Lipinski definition) is 3. The number of nitriles is 1. The Morgan fingerprint density at radius 2 is 2.50 bits per heavy atom. The van der Waals surface area contributed by atoms with Gasteiger partial charge >= 0.3 is 0 Å². The summed E-state index contributed by atoms with van der Waals surface area (Å²) in [6.45, 7) is 1.75. The van der Waals surface area contributed by atoms with E-state index in [1.807, 2.05) is 0 Å². The molecular formula is C10H8N2OS. The Hall–Kier alpha value is -1.52. The fourth-order valence-electron chi connectivity index (χ4n) is 1.07. The molecule has 4 heteroatoms. The number of amides is 1. The number of carbonyl (C=O) groups is 1. The summed E-state index contributed by atoms with van der Waals surface area (Å²) in [4.78, 5) is 14.8. The zero-order valence-corrected chi connectivity index (χ0v) is 8.47. The lowest BCUT2D eigenvalue weighted by atomic mass is 10.0. The maximum Gasteiger partial charge on any atom is 0.270 e. The van der Waals surface area contributed by atoms with Crippen LogP contribution in [0, 0.1) is 29.6 Å². The van der Waals surface area contributed by atoms with Gasteiger partial charge < -0.3 is 0 Å². The highest BCUT2D eigenvalue weighted by atomic mass is 32.2. The Bertz CT molecular complexity index is 395. The molecule has 0 spiro atoms. The molecule has 1 aliphatic rings. The highest BCUT2D eigenvalue weighted by Gasteiger charge is 2.23. The van der Waals surface area contributed by atoms with Crippen LogP contribution in [0.25, 0.3) is 0 Å². The van der Waals surface area contributed by atoms with Crippen LogP contribution in [0.4, 0.5) is 0 Å². The van der Waals surface area contributed by atoms with Crippen LogP contribution in [-0.4, -0.2) is 16.7 Å². The summed E-state index contributed by atoms with van der Waals surface area (Å²) in [6.07, 6.45) is 6.48. The molecule has 0 saturated heterocycles. The Balaban J connectivity index is 2.88. The van der Waals surface area contributed by atoms with Crippen LogP contribution in [0.15, 0.2) is 16.6 Å². The van der Waals surface area contributed by atoms with E-state index in [0.717, 1.165) is 5.57 Å². The van der Waals surface area contributed by atoms with Gasteiger partial charge in [0.05, 0.1) is 16.9 Å². The van der Waals surface area contributed by atoms with Gasteiger partial charge in [-0.05, 0) is 12.5 Å². The van der Waals surface area contributed by atoms with Crippen LogP contribution in [0.3, 0.4) is 0 Å². The Morgan fingerprint density at radius 1 is 1.79 bits per heavy atom. The van der Waals surface area contributed by atoms with Crippen molar-refractivity contribution in [3.8, 4) is 18.4 Å². The summed E-state index contributed by atoms with van der Waals surface area (Å²) in [5.74, 6) is 2.14. The van der Waals surface area contributed by atoms with Crippen molar-refractivity contribution in [3.05, 3.63) is 11.6 Å². The number of dihydropyridines is 1. The number of terminal acetylenes is 1.